The summed E-state index contributed by atoms with van der Waals surface area (Å²) in [6.07, 6.45) is 2.21. The summed E-state index contributed by atoms with van der Waals surface area (Å²) in [5, 5.41) is 5.83. The van der Waals surface area contributed by atoms with Crippen LogP contribution in [0.15, 0.2) is 35.5 Å². The van der Waals surface area contributed by atoms with Crippen molar-refractivity contribution >= 4 is 22.9 Å². The molecule has 4 atom stereocenters. The number of furan rings is 1. The number of hydrogen-bond donors (Lipinski definition) is 2. The molecule has 5 heterocycles. The number of amides is 1. The van der Waals surface area contributed by atoms with E-state index < -0.39 is 30.3 Å². The second-order valence-electron chi connectivity index (χ2n) is 7.61. The maximum atomic E-state index is 12.4. The van der Waals surface area contributed by atoms with Crippen LogP contribution in [-0.4, -0.2) is 56.6 Å². The molecule has 2 fully saturated rings. The Kier molecular flexibility index (Phi) is 4.45. The fourth-order valence-electron chi connectivity index (χ4n) is 3.91. The van der Waals surface area contributed by atoms with E-state index in [0.717, 1.165) is 5.76 Å². The molecule has 2 aliphatic heterocycles. The number of ether oxygens (including phenoxy) is 3. The Bertz CT molecular complexity index is 1060. The van der Waals surface area contributed by atoms with E-state index in [1.165, 1.54) is 6.33 Å². The first kappa shape index (κ1) is 19.0. The van der Waals surface area contributed by atoms with Gasteiger partial charge < -0.3 is 29.3 Å². The summed E-state index contributed by atoms with van der Waals surface area (Å²) in [5.41, 5.74) is 1.13. The smallest absolute Gasteiger partial charge is 0.251 e. The molecule has 0 bridgehead atoms. The van der Waals surface area contributed by atoms with Gasteiger partial charge in [0.25, 0.3) is 5.91 Å². The van der Waals surface area contributed by atoms with E-state index in [1.54, 1.807) is 24.2 Å². The third kappa shape index (κ3) is 3.11. The summed E-state index contributed by atoms with van der Waals surface area (Å²) in [5.74, 6) is 0.241. The minimum atomic E-state index is -0.829. The van der Waals surface area contributed by atoms with E-state index in [1.807, 2.05) is 26.0 Å². The topological polar surface area (TPSA) is 126 Å². The van der Waals surface area contributed by atoms with Crippen LogP contribution in [0.5, 0.6) is 0 Å². The number of nitrogens with zero attached hydrogens (tertiary/aromatic N) is 4. The molecule has 3 aromatic heterocycles. The molecule has 11 nitrogen and oxygen atoms in total. The van der Waals surface area contributed by atoms with Gasteiger partial charge in [0, 0.05) is 7.05 Å². The molecule has 0 radical (unpaired) electrons. The summed E-state index contributed by atoms with van der Waals surface area (Å²) >= 11 is 0. The number of likely N-dealkylation sites (N-methyl/N-ethyl adjacent to an activating group) is 1. The Morgan fingerprint density at radius 2 is 2.07 bits per heavy atom. The molecule has 0 unspecified atom stereocenters. The van der Waals surface area contributed by atoms with Crippen molar-refractivity contribution in [1.82, 2.24) is 24.8 Å². The van der Waals surface area contributed by atoms with Crippen LogP contribution in [-0.2, 0) is 25.5 Å². The van der Waals surface area contributed by atoms with Crippen molar-refractivity contribution in [3.8, 4) is 0 Å². The first-order chi connectivity index (χ1) is 14.5. The molecule has 2 saturated heterocycles. The van der Waals surface area contributed by atoms with Crippen molar-refractivity contribution in [3.63, 3.8) is 0 Å². The highest BCUT2D eigenvalue weighted by Gasteiger charge is 2.58. The molecular formula is C19H22N6O5. The number of imidazole rings is 1. The highest BCUT2D eigenvalue weighted by molar-refractivity contribution is 5.83. The maximum absolute atomic E-state index is 12.4. The molecule has 5 rings (SSSR count). The molecular weight excluding hydrogens is 392 g/mol. The van der Waals surface area contributed by atoms with Gasteiger partial charge in [0.15, 0.2) is 35.1 Å². The Morgan fingerprint density at radius 1 is 1.23 bits per heavy atom. The normalized spacial score (nSPS) is 27.3. The monoisotopic (exact) mass is 414 g/mol. The van der Waals surface area contributed by atoms with Crippen molar-refractivity contribution in [2.45, 2.75) is 50.7 Å². The molecule has 2 N–H and O–H groups in total. The number of carbonyl (C=O) groups is 1. The third-order valence-electron chi connectivity index (χ3n) is 5.18. The van der Waals surface area contributed by atoms with Gasteiger partial charge in [0.1, 0.15) is 24.3 Å². The number of anilines is 1. The highest BCUT2D eigenvalue weighted by Crippen LogP contribution is 2.43. The predicted molar refractivity (Wildman–Crippen MR) is 103 cm³/mol. The van der Waals surface area contributed by atoms with Gasteiger partial charge in [0.05, 0.1) is 19.1 Å². The fraction of sp³-hybridized carbons (Fsp3) is 0.474. The number of nitrogens with one attached hydrogen (secondary N) is 2. The summed E-state index contributed by atoms with van der Waals surface area (Å²) < 4.78 is 25.2. The van der Waals surface area contributed by atoms with Crippen LogP contribution in [0.3, 0.4) is 0 Å². The molecule has 11 heteroatoms. The molecule has 3 aromatic rings. The SMILES string of the molecule is CNC(=O)[C@H]1O[C@@H](n2cnc3c(NCc4ccco4)ncnc32)[C@@H]2OC(C)(C)O[C@@H]21. The Labute approximate surface area is 171 Å². The summed E-state index contributed by atoms with van der Waals surface area (Å²) in [4.78, 5) is 25.5. The van der Waals surface area contributed by atoms with Gasteiger partial charge in [-0.15, -0.1) is 0 Å². The number of hydrogen-bond acceptors (Lipinski definition) is 9. The van der Waals surface area contributed by atoms with E-state index in [9.17, 15) is 4.79 Å². The molecule has 0 spiro atoms. The van der Waals surface area contributed by atoms with Gasteiger partial charge in [-0.2, -0.15) is 0 Å². The van der Waals surface area contributed by atoms with Crippen LogP contribution in [0.2, 0.25) is 0 Å². The van der Waals surface area contributed by atoms with Crippen LogP contribution >= 0.6 is 0 Å². The van der Waals surface area contributed by atoms with Gasteiger partial charge in [-0.3, -0.25) is 9.36 Å². The van der Waals surface area contributed by atoms with Crippen molar-refractivity contribution in [2.24, 2.45) is 0 Å². The lowest BCUT2D eigenvalue weighted by molar-refractivity contribution is -0.197. The zero-order chi connectivity index (χ0) is 20.9. The van der Waals surface area contributed by atoms with Gasteiger partial charge >= 0.3 is 0 Å². The number of fused-ring (bicyclic) bond motifs is 2. The number of rotatable bonds is 5. The maximum Gasteiger partial charge on any atom is 0.251 e. The van der Waals surface area contributed by atoms with E-state index in [4.69, 9.17) is 18.6 Å². The minimum Gasteiger partial charge on any atom is -0.467 e. The Hall–Kier alpha value is -3.02. The first-order valence-corrected chi connectivity index (χ1v) is 9.63. The highest BCUT2D eigenvalue weighted by atomic mass is 16.8. The van der Waals surface area contributed by atoms with Crippen molar-refractivity contribution in [3.05, 3.63) is 36.8 Å². The van der Waals surface area contributed by atoms with E-state index in [0.29, 0.717) is 23.5 Å². The zero-order valence-electron chi connectivity index (χ0n) is 16.7. The minimum absolute atomic E-state index is 0.270. The Balaban J connectivity index is 1.47. The van der Waals surface area contributed by atoms with Gasteiger partial charge in [-0.25, -0.2) is 15.0 Å². The second kappa shape index (κ2) is 7.04. The summed E-state index contributed by atoms with van der Waals surface area (Å²) in [6.45, 7) is 4.09. The number of aromatic nitrogens is 4. The molecule has 1 amide bonds. The standard InChI is InChI=1S/C19H22N6O5/c1-19(2)29-12-13(17(26)20-3)28-18(14(12)30-19)25-9-24-11-15(22-8-23-16(11)25)21-7-10-5-4-6-27-10/h4-6,8-9,12-14,18H,7H2,1-3H3,(H,20,26)(H,21,22,23)/t12-,13+,14-,18-/m1/s1. The van der Waals surface area contributed by atoms with Gasteiger partial charge in [-0.1, -0.05) is 0 Å². The molecule has 0 aromatic carbocycles. The molecule has 0 saturated carbocycles. The predicted octanol–water partition coefficient (Wildman–Crippen LogP) is 1.19. The van der Waals surface area contributed by atoms with E-state index >= 15 is 0 Å². The molecule has 30 heavy (non-hydrogen) atoms. The lowest BCUT2D eigenvalue weighted by atomic mass is 10.1. The van der Waals surface area contributed by atoms with Crippen LogP contribution in [0, 0.1) is 0 Å². The fourth-order valence-corrected chi connectivity index (χ4v) is 3.91. The lowest BCUT2D eigenvalue weighted by Gasteiger charge is -2.24. The van der Waals surface area contributed by atoms with Crippen LogP contribution < -0.4 is 10.6 Å². The second-order valence-corrected chi connectivity index (χ2v) is 7.61. The average molecular weight is 414 g/mol. The van der Waals surface area contributed by atoms with Crippen LogP contribution in [0.25, 0.3) is 11.2 Å². The largest absolute Gasteiger partial charge is 0.467 e. The molecule has 2 aliphatic rings. The third-order valence-corrected chi connectivity index (χ3v) is 5.18. The van der Waals surface area contributed by atoms with E-state index in [-0.39, 0.29) is 5.91 Å². The van der Waals surface area contributed by atoms with Crippen LogP contribution in [0.1, 0.15) is 25.8 Å². The van der Waals surface area contributed by atoms with Crippen molar-refractivity contribution < 1.29 is 23.4 Å². The summed E-state index contributed by atoms with van der Waals surface area (Å²) in [7, 11) is 1.56. The number of carbonyl (C=O) groups excluding carboxylic acids is 1. The summed E-state index contributed by atoms with van der Waals surface area (Å²) in [6, 6.07) is 3.69. The van der Waals surface area contributed by atoms with Gasteiger partial charge in [0.2, 0.25) is 0 Å². The van der Waals surface area contributed by atoms with Gasteiger partial charge in [-0.05, 0) is 26.0 Å². The first-order valence-electron chi connectivity index (χ1n) is 9.63. The average Bonchev–Trinajstić information content (AvgIpc) is 3.49. The lowest BCUT2D eigenvalue weighted by Crippen LogP contribution is -2.41. The van der Waals surface area contributed by atoms with Crippen molar-refractivity contribution in [1.29, 1.82) is 0 Å². The Morgan fingerprint density at radius 3 is 2.83 bits per heavy atom. The van der Waals surface area contributed by atoms with Crippen LogP contribution in [0.4, 0.5) is 5.82 Å². The molecule has 158 valence electrons. The van der Waals surface area contributed by atoms with E-state index in [2.05, 4.69) is 25.6 Å². The molecule has 0 aliphatic carbocycles. The van der Waals surface area contributed by atoms with Crippen molar-refractivity contribution in [2.75, 3.05) is 12.4 Å². The quantitative estimate of drug-likeness (QED) is 0.633. The zero-order valence-corrected chi connectivity index (χ0v) is 16.7.